The third-order valence-corrected chi connectivity index (χ3v) is 1.58. The maximum absolute atomic E-state index is 11.7. The van der Waals surface area contributed by atoms with E-state index in [1.165, 1.54) is 0 Å². The van der Waals surface area contributed by atoms with Crippen molar-refractivity contribution in [3.63, 3.8) is 0 Å². The van der Waals surface area contributed by atoms with Gasteiger partial charge in [0.25, 0.3) is 0 Å². The van der Waals surface area contributed by atoms with Crippen LogP contribution in [0, 0.1) is 0 Å². The fourth-order valence-corrected chi connectivity index (χ4v) is 0.713. The van der Waals surface area contributed by atoms with E-state index >= 15 is 0 Å². The highest BCUT2D eigenvalue weighted by atomic mass is 35.5. The van der Waals surface area contributed by atoms with Crippen molar-refractivity contribution >= 4 is 16.8 Å². The Hall–Kier alpha value is -0.250. The second kappa shape index (κ2) is 5.41. The van der Waals surface area contributed by atoms with Crippen LogP contribution in [-0.2, 0) is 0 Å². The Bertz CT molecular complexity index is 153. The quantitative estimate of drug-likeness (QED) is 0.489. The maximum Gasteiger partial charge on any atom is 0.444 e. The SMILES string of the molecule is CCCCCN=C(Cl)C(F)(F)F. The zero-order chi connectivity index (χ0) is 9.61. The van der Waals surface area contributed by atoms with Crippen molar-refractivity contribution in [2.24, 2.45) is 4.99 Å². The van der Waals surface area contributed by atoms with E-state index in [9.17, 15) is 13.2 Å². The van der Waals surface area contributed by atoms with Gasteiger partial charge in [0, 0.05) is 6.54 Å². The van der Waals surface area contributed by atoms with E-state index in [2.05, 4.69) is 4.99 Å². The molecular weight excluding hydrogens is 191 g/mol. The van der Waals surface area contributed by atoms with Crippen molar-refractivity contribution in [1.82, 2.24) is 0 Å². The summed E-state index contributed by atoms with van der Waals surface area (Å²) >= 11 is 4.86. The third kappa shape index (κ3) is 5.41. The normalized spacial score (nSPS) is 13.6. The highest BCUT2D eigenvalue weighted by Crippen LogP contribution is 2.19. The second-order valence-corrected chi connectivity index (χ2v) is 2.74. The van der Waals surface area contributed by atoms with Crippen LogP contribution in [0.3, 0.4) is 0 Å². The minimum atomic E-state index is -4.48. The molecule has 0 aromatic carbocycles. The molecule has 0 rings (SSSR count). The lowest BCUT2D eigenvalue weighted by atomic mass is 10.2. The summed E-state index contributed by atoms with van der Waals surface area (Å²) in [5.41, 5.74) is 0. The van der Waals surface area contributed by atoms with Gasteiger partial charge in [0.15, 0.2) is 0 Å². The molecule has 1 nitrogen and oxygen atoms in total. The minimum absolute atomic E-state index is 0.159. The Morgan fingerprint density at radius 2 is 1.92 bits per heavy atom. The lowest BCUT2D eigenvalue weighted by Gasteiger charge is -2.02. The molecule has 0 saturated carbocycles. The molecule has 0 atom stereocenters. The van der Waals surface area contributed by atoms with E-state index in [0.717, 1.165) is 12.8 Å². The van der Waals surface area contributed by atoms with Crippen LogP contribution in [-0.4, -0.2) is 17.9 Å². The highest BCUT2D eigenvalue weighted by molar-refractivity contribution is 6.66. The highest BCUT2D eigenvalue weighted by Gasteiger charge is 2.33. The van der Waals surface area contributed by atoms with E-state index in [1.54, 1.807) is 0 Å². The van der Waals surface area contributed by atoms with Gasteiger partial charge < -0.3 is 0 Å². The lowest BCUT2D eigenvalue weighted by molar-refractivity contribution is -0.0560. The molecule has 5 heteroatoms. The van der Waals surface area contributed by atoms with Crippen molar-refractivity contribution in [2.45, 2.75) is 32.4 Å². The topological polar surface area (TPSA) is 12.4 Å². The summed E-state index contributed by atoms with van der Waals surface area (Å²) in [6.07, 6.45) is -1.98. The molecule has 0 bridgehead atoms. The Kier molecular flexibility index (Phi) is 5.29. The lowest BCUT2D eigenvalue weighted by Crippen LogP contribution is -2.17. The molecule has 0 spiro atoms. The van der Waals surface area contributed by atoms with Crippen molar-refractivity contribution < 1.29 is 13.2 Å². The molecule has 0 fully saturated rings. The molecule has 0 N–H and O–H groups in total. The number of alkyl halides is 3. The van der Waals surface area contributed by atoms with Crippen LogP contribution >= 0.6 is 11.6 Å². The van der Waals surface area contributed by atoms with Gasteiger partial charge >= 0.3 is 6.18 Å². The number of unbranched alkanes of at least 4 members (excludes halogenated alkanes) is 2. The number of rotatable bonds is 4. The fourth-order valence-electron chi connectivity index (χ4n) is 0.629. The van der Waals surface area contributed by atoms with Crippen LogP contribution in [0.4, 0.5) is 13.2 Å². The first kappa shape index (κ1) is 11.8. The van der Waals surface area contributed by atoms with Crippen molar-refractivity contribution in [2.75, 3.05) is 6.54 Å². The Morgan fingerprint density at radius 3 is 2.33 bits per heavy atom. The average molecular weight is 202 g/mol. The van der Waals surface area contributed by atoms with Crippen LogP contribution in [0.5, 0.6) is 0 Å². The molecule has 0 aliphatic rings. The van der Waals surface area contributed by atoms with Gasteiger partial charge in [-0.2, -0.15) is 13.2 Å². The molecule has 0 saturated heterocycles. The predicted molar refractivity (Wildman–Crippen MR) is 43.7 cm³/mol. The summed E-state index contributed by atoms with van der Waals surface area (Å²) in [6, 6.07) is 0. The third-order valence-electron chi connectivity index (χ3n) is 1.25. The summed E-state index contributed by atoms with van der Waals surface area (Å²) in [6.45, 7) is 2.13. The molecule has 0 aliphatic carbocycles. The fraction of sp³-hybridized carbons (Fsp3) is 0.857. The maximum atomic E-state index is 11.7. The molecule has 0 radical (unpaired) electrons. The van der Waals surface area contributed by atoms with Crippen LogP contribution < -0.4 is 0 Å². The van der Waals surface area contributed by atoms with Crippen LogP contribution in [0.2, 0.25) is 0 Å². The number of aliphatic imine (C=N–C) groups is 1. The Balaban J connectivity index is 3.70. The standard InChI is InChI=1S/C7H11ClF3N/c1-2-3-4-5-12-6(8)7(9,10)11/h2-5H2,1H3. The predicted octanol–water partition coefficient (Wildman–Crippen LogP) is 3.38. The molecule has 0 aromatic heterocycles. The summed E-state index contributed by atoms with van der Waals surface area (Å²) < 4.78 is 35.1. The van der Waals surface area contributed by atoms with E-state index in [0.29, 0.717) is 6.42 Å². The van der Waals surface area contributed by atoms with E-state index < -0.39 is 11.3 Å². The van der Waals surface area contributed by atoms with Gasteiger partial charge in [-0.1, -0.05) is 31.4 Å². The monoisotopic (exact) mass is 201 g/mol. The van der Waals surface area contributed by atoms with E-state index in [1.807, 2.05) is 6.92 Å². The van der Waals surface area contributed by atoms with Gasteiger partial charge in [-0.15, -0.1) is 0 Å². The van der Waals surface area contributed by atoms with Crippen LogP contribution in [0.15, 0.2) is 4.99 Å². The number of nitrogens with zero attached hydrogens (tertiary/aromatic N) is 1. The van der Waals surface area contributed by atoms with Gasteiger partial charge in [-0.3, -0.25) is 4.99 Å². The average Bonchev–Trinajstić information content (AvgIpc) is 1.96. The molecular formula is C7H11ClF3N. The molecule has 12 heavy (non-hydrogen) atoms. The van der Waals surface area contributed by atoms with Crippen LogP contribution in [0.25, 0.3) is 0 Å². The molecule has 0 aliphatic heterocycles. The van der Waals surface area contributed by atoms with Gasteiger partial charge in [0.1, 0.15) is 0 Å². The van der Waals surface area contributed by atoms with Gasteiger partial charge in [-0.05, 0) is 6.42 Å². The number of halogens is 4. The summed E-state index contributed by atoms with van der Waals surface area (Å²) in [4.78, 5) is 3.19. The van der Waals surface area contributed by atoms with Gasteiger partial charge in [-0.25, -0.2) is 0 Å². The number of hydrogen-bond acceptors (Lipinski definition) is 1. The summed E-state index contributed by atoms with van der Waals surface area (Å²) in [7, 11) is 0. The molecule has 0 heterocycles. The van der Waals surface area contributed by atoms with E-state index in [-0.39, 0.29) is 6.54 Å². The molecule has 0 aromatic rings. The van der Waals surface area contributed by atoms with Gasteiger partial charge in [0.05, 0.1) is 0 Å². The Labute approximate surface area is 74.6 Å². The smallest absolute Gasteiger partial charge is 0.269 e. The first-order valence-electron chi connectivity index (χ1n) is 3.75. The molecule has 0 unspecified atom stereocenters. The second-order valence-electron chi connectivity index (χ2n) is 2.38. The molecule has 0 amide bonds. The minimum Gasteiger partial charge on any atom is -0.269 e. The number of hydrogen-bond donors (Lipinski definition) is 0. The van der Waals surface area contributed by atoms with E-state index in [4.69, 9.17) is 11.6 Å². The first-order valence-corrected chi connectivity index (χ1v) is 4.13. The van der Waals surface area contributed by atoms with Crippen LogP contribution in [0.1, 0.15) is 26.2 Å². The zero-order valence-electron chi connectivity index (χ0n) is 6.79. The van der Waals surface area contributed by atoms with Gasteiger partial charge in [0.2, 0.25) is 5.17 Å². The van der Waals surface area contributed by atoms with Crippen molar-refractivity contribution in [1.29, 1.82) is 0 Å². The molecule has 72 valence electrons. The first-order chi connectivity index (χ1) is 5.48. The summed E-state index contributed by atoms with van der Waals surface area (Å²) in [5, 5.41) is -1.25. The van der Waals surface area contributed by atoms with Crippen molar-refractivity contribution in [3.05, 3.63) is 0 Å². The largest absolute Gasteiger partial charge is 0.444 e. The zero-order valence-corrected chi connectivity index (χ0v) is 7.54. The summed E-state index contributed by atoms with van der Waals surface area (Å²) in [5.74, 6) is 0. The van der Waals surface area contributed by atoms with Crippen molar-refractivity contribution in [3.8, 4) is 0 Å². The Morgan fingerprint density at radius 1 is 1.33 bits per heavy atom.